The Morgan fingerprint density at radius 3 is 2.25 bits per heavy atom. The number of aromatic nitrogens is 1. The van der Waals surface area contributed by atoms with Crippen molar-refractivity contribution in [2.24, 2.45) is 5.73 Å². The van der Waals surface area contributed by atoms with E-state index in [4.69, 9.17) is 36.3 Å². The van der Waals surface area contributed by atoms with E-state index in [1.807, 2.05) is 0 Å². The molecule has 1 aliphatic heterocycles. The molecule has 0 aromatic carbocycles. The van der Waals surface area contributed by atoms with Gasteiger partial charge in [0.1, 0.15) is 24.3 Å². The Morgan fingerprint density at radius 1 is 1.16 bits per heavy atom. The summed E-state index contributed by atoms with van der Waals surface area (Å²) < 4.78 is 59.9. The lowest BCUT2D eigenvalue weighted by Crippen LogP contribution is -2.63. The van der Waals surface area contributed by atoms with E-state index in [-0.39, 0.29) is 11.5 Å². The van der Waals surface area contributed by atoms with Gasteiger partial charge in [0.05, 0.1) is 11.1 Å². The molecule has 14 heteroatoms. The summed E-state index contributed by atoms with van der Waals surface area (Å²) in [6.07, 6.45) is -7.16. The first-order valence-electron chi connectivity index (χ1n) is 9.07. The van der Waals surface area contributed by atoms with Crippen molar-refractivity contribution in [2.75, 3.05) is 6.61 Å². The Labute approximate surface area is 190 Å². The molecule has 5 atom stereocenters. The molecular formula is C18H20ClF3N2O7S. The number of ether oxygens (including phenoxy) is 4. The van der Waals surface area contributed by atoms with E-state index in [9.17, 15) is 27.6 Å². The number of pyridine rings is 1. The summed E-state index contributed by atoms with van der Waals surface area (Å²) in [6, 6.07) is -0.0754. The van der Waals surface area contributed by atoms with Crippen molar-refractivity contribution < 1.29 is 46.5 Å². The van der Waals surface area contributed by atoms with Gasteiger partial charge in [-0.1, -0.05) is 23.4 Å². The van der Waals surface area contributed by atoms with E-state index in [1.165, 1.54) is 0 Å². The van der Waals surface area contributed by atoms with Crippen molar-refractivity contribution in [3.63, 3.8) is 0 Å². The summed E-state index contributed by atoms with van der Waals surface area (Å²) in [6.45, 7) is 3.08. The third-order valence-corrected chi connectivity index (χ3v) is 5.49. The van der Waals surface area contributed by atoms with Gasteiger partial charge in [-0.3, -0.25) is 14.4 Å². The summed E-state index contributed by atoms with van der Waals surface area (Å²) in [5.74, 6) is -2.05. The standard InChI is InChI=1S/C18H20ClF3N2O7S/c1-7(25)28-6-12-14(29-8(2)26)13(23)15(30-9(3)27)17(31-12)32-10-4-11(19)16(24-5-10)18(20,21)22/h4-5,12-15,17H,6,23H2,1-3H3. The number of carbonyl (C=O) groups excluding carboxylic acids is 3. The molecule has 0 spiro atoms. The first kappa shape index (κ1) is 26.2. The van der Waals surface area contributed by atoms with Gasteiger partial charge >= 0.3 is 24.1 Å². The minimum atomic E-state index is -4.74. The van der Waals surface area contributed by atoms with Crippen LogP contribution in [-0.2, 0) is 39.5 Å². The molecule has 9 nitrogen and oxygen atoms in total. The van der Waals surface area contributed by atoms with Gasteiger partial charge in [0.15, 0.2) is 11.8 Å². The highest BCUT2D eigenvalue weighted by atomic mass is 35.5. The Bertz CT molecular complexity index is 871. The molecule has 1 fully saturated rings. The number of halogens is 4. The van der Waals surface area contributed by atoms with Crippen LogP contribution in [0.15, 0.2) is 17.2 Å². The molecule has 0 aliphatic carbocycles. The third kappa shape index (κ3) is 6.95. The Balaban J connectivity index is 2.34. The fraction of sp³-hybridized carbons (Fsp3) is 0.556. The maximum absolute atomic E-state index is 12.9. The molecule has 2 heterocycles. The second-order valence-corrected chi connectivity index (χ2v) is 8.27. The van der Waals surface area contributed by atoms with Crippen LogP contribution in [0.2, 0.25) is 5.02 Å². The highest BCUT2D eigenvalue weighted by Crippen LogP contribution is 2.39. The molecule has 1 saturated heterocycles. The number of thioether (sulfide) groups is 1. The fourth-order valence-corrected chi connectivity index (χ4v) is 4.35. The summed E-state index contributed by atoms with van der Waals surface area (Å²) in [5.41, 5.74) is 3.86. The van der Waals surface area contributed by atoms with Crippen molar-refractivity contribution in [1.29, 1.82) is 0 Å². The largest absolute Gasteiger partial charge is 0.463 e. The van der Waals surface area contributed by atoms with Crippen molar-refractivity contribution in [3.8, 4) is 0 Å². The molecule has 1 aliphatic rings. The van der Waals surface area contributed by atoms with Gasteiger partial charge in [-0.15, -0.1) is 0 Å². The van der Waals surface area contributed by atoms with Crippen molar-refractivity contribution in [1.82, 2.24) is 4.98 Å². The molecule has 2 rings (SSSR count). The molecular weight excluding hydrogens is 481 g/mol. The minimum absolute atomic E-state index is 0.162. The number of nitrogens with two attached hydrogens (primary N) is 1. The van der Waals surface area contributed by atoms with Gasteiger partial charge in [0.2, 0.25) is 0 Å². The number of rotatable bonds is 6. The van der Waals surface area contributed by atoms with E-state index in [0.29, 0.717) is 0 Å². The SMILES string of the molecule is CC(=O)OCC1OC(Sc2cnc(C(F)(F)F)c(Cl)c2)C(OC(C)=O)C(N)C1OC(C)=O. The zero-order chi connectivity index (χ0) is 24.2. The van der Waals surface area contributed by atoms with Gasteiger partial charge in [-0.25, -0.2) is 4.98 Å². The first-order valence-corrected chi connectivity index (χ1v) is 10.3. The molecule has 178 valence electrons. The molecule has 5 unspecified atom stereocenters. The second-order valence-electron chi connectivity index (χ2n) is 6.69. The lowest BCUT2D eigenvalue weighted by atomic mass is 9.97. The van der Waals surface area contributed by atoms with Crippen LogP contribution in [0.25, 0.3) is 0 Å². The normalized spacial score (nSPS) is 25.7. The van der Waals surface area contributed by atoms with E-state index >= 15 is 0 Å². The van der Waals surface area contributed by atoms with E-state index < -0.39 is 64.6 Å². The zero-order valence-corrected chi connectivity index (χ0v) is 18.6. The first-order chi connectivity index (χ1) is 14.8. The number of carbonyl (C=O) groups is 3. The predicted molar refractivity (Wildman–Crippen MR) is 104 cm³/mol. The van der Waals surface area contributed by atoms with Gasteiger partial charge in [-0.2, -0.15) is 13.2 Å². The van der Waals surface area contributed by atoms with Gasteiger partial charge in [-0.05, 0) is 6.07 Å². The third-order valence-electron chi connectivity index (χ3n) is 4.09. The maximum Gasteiger partial charge on any atom is 0.434 e. The van der Waals surface area contributed by atoms with E-state index in [0.717, 1.165) is 44.8 Å². The highest BCUT2D eigenvalue weighted by molar-refractivity contribution is 7.99. The maximum atomic E-state index is 12.9. The smallest absolute Gasteiger partial charge is 0.434 e. The van der Waals surface area contributed by atoms with Crippen LogP contribution in [0.4, 0.5) is 13.2 Å². The number of esters is 3. The second kappa shape index (κ2) is 10.7. The number of alkyl halides is 3. The van der Waals surface area contributed by atoms with Crippen LogP contribution >= 0.6 is 23.4 Å². The lowest BCUT2D eigenvalue weighted by Gasteiger charge is -2.43. The van der Waals surface area contributed by atoms with Crippen LogP contribution in [0, 0.1) is 0 Å². The van der Waals surface area contributed by atoms with Crippen molar-refractivity contribution in [3.05, 3.63) is 23.0 Å². The topological polar surface area (TPSA) is 127 Å². The zero-order valence-electron chi connectivity index (χ0n) is 17.1. The molecule has 0 saturated carbocycles. The Kier molecular flexibility index (Phi) is 8.74. The van der Waals surface area contributed by atoms with Crippen LogP contribution in [0.5, 0.6) is 0 Å². The molecule has 2 N–H and O–H groups in total. The summed E-state index contributed by atoms with van der Waals surface area (Å²) in [5, 5.41) is -0.638. The van der Waals surface area contributed by atoms with Crippen LogP contribution in [0.1, 0.15) is 26.5 Å². The van der Waals surface area contributed by atoms with Gasteiger partial charge in [0, 0.05) is 31.9 Å². The quantitative estimate of drug-likeness (QED) is 0.459. The number of hydrogen-bond acceptors (Lipinski definition) is 10. The van der Waals surface area contributed by atoms with Gasteiger partial charge < -0.3 is 24.7 Å². The van der Waals surface area contributed by atoms with E-state index in [2.05, 4.69) is 4.98 Å². The molecule has 0 radical (unpaired) electrons. The fourth-order valence-electron chi connectivity index (χ4n) is 2.87. The lowest BCUT2D eigenvalue weighted by molar-refractivity contribution is -0.201. The highest BCUT2D eigenvalue weighted by Gasteiger charge is 2.49. The predicted octanol–water partition coefficient (Wildman–Crippen LogP) is 2.32. The number of nitrogens with zero attached hydrogens (tertiary/aromatic N) is 1. The van der Waals surface area contributed by atoms with Crippen LogP contribution in [-0.4, -0.2) is 59.3 Å². The molecule has 1 aromatic rings. The monoisotopic (exact) mass is 500 g/mol. The molecule has 0 amide bonds. The summed E-state index contributed by atoms with van der Waals surface area (Å²) >= 11 is 6.55. The van der Waals surface area contributed by atoms with Crippen LogP contribution in [0.3, 0.4) is 0 Å². The van der Waals surface area contributed by atoms with E-state index in [1.54, 1.807) is 0 Å². The number of hydrogen-bond donors (Lipinski definition) is 1. The molecule has 1 aromatic heterocycles. The Morgan fingerprint density at radius 2 is 1.75 bits per heavy atom. The molecule has 32 heavy (non-hydrogen) atoms. The molecule has 0 bridgehead atoms. The average Bonchev–Trinajstić information content (AvgIpc) is 2.64. The van der Waals surface area contributed by atoms with Crippen LogP contribution < -0.4 is 5.73 Å². The van der Waals surface area contributed by atoms with Crippen molar-refractivity contribution >= 4 is 41.3 Å². The Hall–Kier alpha value is -2.09. The van der Waals surface area contributed by atoms with Gasteiger partial charge in [0.25, 0.3) is 0 Å². The summed E-state index contributed by atoms with van der Waals surface area (Å²) in [7, 11) is 0. The average molecular weight is 501 g/mol. The summed E-state index contributed by atoms with van der Waals surface area (Å²) in [4.78, 5) is 37.9. The minimum Gasteiger partial charge on any atom is -0.463 e. The van der Waals surface area contributed by atoms with Crippen molar-refractivity contribution in [2.45, 2.75) is 61.6 Å².